The number of hydrogen-bond acceptors (Lipinski definition) is 7. The largest absolute Gasteiger partial charge is 0.497 e. The van der Waals surface area contributed by atoms with Crippen molar-refractivity contribution in [2.75, 3.05) is 33.9 Å². The molecule has 0 saturated carbocycles. The normalized spacial score (nSPS) is 18.0. The summed E-state index contributed by atoms with van der Waals surface area (Å²) in [6.07, 6.45) is 4.84. The van der Waals surface area contributed by atoms with E-state index in [4.69, 9.17) is 9.47 Å². The number of carbonyl (C=O) groups excluding carboxylic acids is 2. The number of amides is 2. The molecule has 9 heteroatoms. The molecule has 9 nitrogen and oxygen atoms in total. The van der Waals surface area contributed by atoms with E-state index in [0.29, 0.717) is 18.7 Å². The fraction of sp³-hybridized carbons (Fsp3) is 0.379. The Kier molecular flexibility index (Phi) is 8.58. The van der Waals surface area contributed by atoms with Gasteiger partial charge in [0.2, 0.25) is 11.8 Å². The van der Waals surface area contributed by atoms with Crippen molar-refractivity contribution >= 4 is 11.8 Å². The van der Waals surface area contributed by atoms with Gasteiger partial charge >= 0.3 is 0 Å². The molecular weight excluding hydrogens is 484 g/mol. The van der Waals surface area contributed by atoms with Crippen LogP contribution < -0.4 is 9.47 Å². The Balaban J connectivity index is 1.63. The molecule has 1 aliphatic heterocycles. The van der Waals surface area contributed by atoms with E-state index in [-0.39, 0.29) is 36.6 Å². The molecule has 3 atom stereocenters. The van der Waals surface area contributed by atoms with E-state index in [0.717, 1.165) is 22.4 Å². The molecule has 2 aromatic heterocycles. The Hall–Kier alpha value is -3.98. The number of rotatable bonds is 8. The fourth-order valence-electron chi connectivity index (χ4n) is 4.45. The van der Waals surface area contributed by atoms with Crippen molar-refractivity contribution in [1.29, 1.82) is 0 Å². The highest BCUT2D eigenvalue weighted by atomic mass is 16.5. The number of methoxy groups -OCH3 is 1. The molecule has 4 rings (SSSR count). The van der Waals surface area contributed by atoms with Crippen LogP contribution in [0.5, 0.6) is 11.6 Å². The number of hydrogen-bond donors (Lipinski definition) is 1. The van der Waals surface area contributed by atoms with Crippen LogP contribution >= 0.6 is 0 Å². The van der Waals surface area contributed by atoms with E-state index in [2.05, 4.69) is 9.97 Å². The zero-order chi connectivity index (χ0) is 27.2. The van der Waals surface area contributed by atoms with Crippen LogP contribution in [0.3, 0.4) is 0 Å². The first-order chi connectivity index (χ1) is 18.3. The van der Waals surface area contributed by atoms with Gasteiger partial charge < -0.3 is 24.4 Å². The molecule has 0 spiro atoms. The number of nitrogens with zero attached hydrogens (tertiary/aromatic N) is 4. The van der Waals surface area contributed by atoms with E-state index in [1.807, 2.05) is 44.2 Å². The Bertz CT molecular complexity index is 1250. The number of ether oxygens (including phenoxy) is 2. The lowest BCUT2D eigenvalue weighted by atomic mass is 9.99. The second-order valence-electron chi connectivity index (χ2n) is 9.74. The summed E-state index contributed by atoms with van der Waals surface area (Å²) in [5, 5.41) is 9.90. The van der Waals surface area contributed by atoms with Gasteiger partial charge in [0.25, 0.3) is 5.91 Å². The number of pyridine rings is 2. The fourth-order valence-corrected chi connectivity index (χ4v) is 4.45. The van der Waals surface area contributed by atoms with E-state index in [1.54, 1.807) is 54.7 Å². The standard InChI is InChI=1S/C29H34N4O5/c1-19-16-33(20(2)18-34)29(36)25-13-23(22-7-9-24(37-4)10-8-22)15-31-28(25)38-26(19)17-32(3)27(35)12-21-6-5-11-30-14-21/h5-11,13-15,19-20,26,34H,12,16-18H2,1-4H3/t19-,20+,26-/m1/s1. The first-order valence-corrected chi connectivity index (χ1v) is 12.7. The Morgan fingerprint density at radius 1 is 1.24 bits per heavy atom. The van der Waals surface area contributed by atoms with Gasteiger partial charge in [0.1, 0.15) is 17.4 Å². The predicted molar refractivity (Wildman–Crippen MR) is 143 cm³/mol. The smallest absolute Gasteiger partial charge is 0.259 e. The van der Waals surface area contributed by atoms with Gasteiger partial charge in [-0.05, 0) is 42.3 Å². The summed E-state index contributed by atoms with van der Waals surface area (Å²) in [5.41, 5.74) is 2.79. The summed E-state index contributed by atoms with van der Waals surface area (Å²) >= 11 is 0. The van der Waals surface area contributed by atoms with Crippen molar-refractivity contribution in [3.8, 4) is 22.8 Å². The SMILES string of the molecule is COc1ccc(-c2cnc3c(c2)C(=O)N([C@@H](C)CO)C[C@@H](C)[C@@H](CN(C)C(=O)Cc2cccnc2)O3)cc1. The topological polar surface area (TPSA) is 105 Å². The van der Waals surface area contributed by atoms with Crippen LogP contribution in [0, 0.1) is 5.92 Å². The second kappa shape index (κ2) is 12.0. The van der Waals surface area contributed by atoms with Gasteiger partial charge in [-0.1, -0.05) is 25.1 Å². The first kappa shape index (κ1) is 27.1. The Morgan fingerprint density at radius 3 is 2.66 bits per heavy atom. The van der Waals surface area contributed by atoms with Gasteiger partial charge in [-0.15, -0.1) is 0 Å². The molecular formula is C29H34N4O5. The highest BCUT2D eigenvalue weighted by Crippen LogP contribution is 2.31. The van der Waals surface area contributed by atoms with Crippen LogP contribution in [-0.4, -0.2) is 82.7 Å². The van der Waals surface area contributed by atoms with Crippen LogP contribution in [0.1, 0.15) is 29.8 Å². The third-order valence-corrected chi connectivity index (χ3v) is 6.90. The predicted octanol–water partition coefficient (Wildman–Crippen LogP) is 3.07. The van der Waals surface area contributed by atoms with Crippen molar-refractivity contribution in [3.63, 3.8) is 0 Å². The highest BCUT2D eigenvalue weighted by molar-refractivity contribution is 5.98. The molecule has 2 amide bonds. The molecule has 200 valence electrons. The maximum atomic E-state index is 13.7. The van der Waals surface area contributed by atoms with Gasteiger partial charge in [-0.2, -0.15) is 0 Å². The van der Waals surface area contributed by atoms with Crippen molar-refractivity contribution in [2.24, 2.45) is 5.92 Å². The average Bonchev–Trinajstić information content (AvgIpc) is 2.94. The molecule has 1 N–H and O–H groups in total. The van der Waals surface area contributed by atoms with Crippen LogP contribution in [0.2, 0.25) is 0 Å². The van der Waals surface area contributed by atoms with Crippen molar-refractivity contribution in [1.82, 2.24) is 19.8 Å². The van der Waals surface area contributed by atoms with Crippen molar-refractivity contribution < 1.29 is 24.2 Å². The van der Waals surface area contributed by atoms with E-state index < -0.39 is 12.1 Å². The lowest BCUT2D eigenvalue weighted by molar-refractivity contribution is -0.130. The molecule has 0 aliphatic carbocycles. The third-order valence-electron chi connectivity index (χ3n) is 6.90. The molecule has 1 aromatic carbocycles. The van der Waals surface area contributed by atoms with Gasteiger partial charge in [0.15, 0.2) is 0 Å². The number of aliphatic hydroxyl groups excluding tert-OH is 1. The van der Waals surface area contributed by atoms with Crippen LogP contribution in [0.25, 0.3) is 11.1 Å². The lowest BCUT2D eigenvalue weighted by Crippen LogP contribution is -2.50. The number of aliphatic hydroxyl groups is 1. The summed E-state index contributed by atoms with van der Waals surface area (Å²) in [5.74, 6) is 0.505. The van der Waals surface area contributed by atoms with Crippen LogP contribution in [-0.2, 0) is 11.2 Å². The molecule has 0 fully saturated rings. The van der Waals surface area contributed by atoms with Gasteiger partial charge in [0, 0.05) is 43.7 Å². The number of benzene rings is 1. The molecule has 0 unspecified atom stereocenters. The number of carbonyl (C=O) groups is 2. The molecule has 1 aliphatic rings. The van der Waals surface area contributed by atoms with Crippen molar-refractivity contribution in [3.05, 3.63) is 72.2 Å². The first-order valence-electron chi connectivity index (χ1n) is 12.7. The summed E-state index contributed by atoms with van der Waals surface area (Å²) in [6.45, 7) is 4.30. The maximum absolute atomic E-state index is 13.7. The quantitative estimate of drug-likeness (QED) is 0.489. The third kappa shape index (κ3) is 6.11. The minimum absolute atomic E-state index is 0.0597. The molecule has 0 bridgehead atoms. The highest BCUT2D eigenvalue weighted by Gasteiger charge is 2.34. The van der Waals surface area contributed by atoms with E-state index in [9.17, 15) is 14.7 Å². The molecule has 3 heterocycles. The molecule has 38 heavy (non-hydrogen) atoms. The molecule has 0 saturated heterocycles. The minimum Gasteiger partial charge on any atom is -0.497 e. The Labute approximate surface area is 223 Å². The zero-order valence-electron chi connectivity index (χ0n) is 22.2. The van der Waals surface area contributed by atoms with Crippen LogP contribution in [0.4, 0.5) is 0 Å². The van der Waals surface area contributed by atoms with Gasteiger partial charge in [-0.25, -0.2) is 4.98 Å². The monoisotopic (exact) mass is 518 g/mol. The van der Waals surface area contributed by atoms with E-state index >= 15 is 0 Å². The zero-order valence-corrected chi connectivity index (χ0v) is 22.2. The van der Waals surface area contributed by atoms with Crippen molar-refractivity contribution in [2.45, 2.75) is 32.4 Å². The van der Waals surface area contributed by atoms with Gasteiger partial charge in [-0.3, -0.25) is 14.6 Å². The summed E-state index contributed by atoms with van der Waals surface area (Å²) < 4.78 is 11.6. The number of fused-ring (bicyclic) bond motifs is 1. The lowest BCUT2D eigenvalue weighted by Gasteiger charge is -2.37. The Morgan fingerprint density at radius 2 is 2.00 bits per heavy atom. The number of likely N-dealkylation sites (N-methyl/N-ethyl adjacent to an activating group) is 1. The van der Waals surface area contributed by atoms with Gasteiger partial charge in [0.05, 0.1) is 32.7 Å². The summed E-state index contributed by atoms with van der Waals surface area (Å²) in [7, 11) is 3.35. The van der Waals surface area contributed by atoms with E-state index in [1.165, 1.54) is 0 Å². The molecule has 0 radical (unpaired) electrons. The minimum atomic E-state index is -0.419. The second-order valence-corrected chi connectivity index (χ2v) is 9.74. The summed E-state index contributed by atoms with van der Waals surface area (Å²) in [6, 6.07) is 12.5. The van der Waals surface area contributed by atoms with Crippen LogP contribution in [0.15, 0.2) is 61.1 Å². The molecule has 3 aromatic rings. The number of aromatic nitrogens is 2. The maximum Gasteiger partial charge on any atom is 0.259 e. The average molecular weight is 519 g/mol. The summed E-state index contributed by atoms with van der Waals surface area (Å²) in [4.78, 5) is 38.5.